The van der Waals surface area contributed by atoms with Crippen molar-refractivity contribution in [3.8, 4) is 0 Å². The summed E-state index contributed by atoms with van der Waals surface area (Å²) in [5.41, 5.74) is 0.751. The van der Waals surface area contributed by atoms with Crippen molar-refractivity contribution in [2.45, 2.75) is 12.8 Å². The van der Waals surface area contributed by atoms with Crippen LogP contribution in [-0.4, -0.2) is 24.1 Å². The summed E-state index contributed by atoms with van der Waals surface area (Å²) in [7, 11) is 0. The fourth-order valence-electron chi connectivity index (χ4n) is 1.98. The highest BCUT2D eigenvalue weighted by atomic mass is 79.9. The van der Waals surface area contributed by atoms with Gasteiger partial charge in [0, 0.05) is 22.0 Å². The van der Waals surface area contributed by atoms with Gasteiger partial charge in [-0.05, 0) is 30.3 Å². The predicted molar refractivity (Wildman–Crippen MR) is 89.4 cm³/mol. The number of carbonyl (C=O) groups excluding carboxylic acids is 3. The fourth-order valence-corrected chi connectivity index (χ4v) is 2.48. The standard InChI is InChI=1S/C18H14BrFO4/c19-15-4-2-1-3-14(15)17(22)11-24-18(23)10-9-16(21)12-5-7-13(20)8-6-12/h1-8H,9-11H2. The van der Waals surface area contributed by atoms with Gasteiger partial charge in [-0.25, -0.2) is 4.39 Å². The minimum atomic E-state index is -0.633. The fraction of sp³-hybridized carbons (Fsp3) is 0.167. The Bertz CT molecular complexity index is 756. The Morgan fingerprint density at radius 3 is 2.25 bits per heavy atom. The number of hydrogen-bond acceptors (Lipinski definition) is 4. The first-order valence-corrected chi connectivity index (χ1v) is 7.99. The van der Waals surface area contributed by atoms with Crippen molar-refractivity contribution in [1.29, 1.82) is 0 Å². The number of ketones is 2. The smallest absolute Gasteiger partial charge is 0.306 e. The van der Waals surface area contributed by atoms with Crippen molar-refractivity contribution in [1.82, 2.24) is 0 Å². The summed E-state index contributed by atoms with van der Waals surface area (Å²) in [4.78, 5) is 35.5. The lowest BCUT2D eigenvalue weighted by atomic mass is 10.1. The van der Waals surface area contributed by atoms with Crippen LogP contribution in [0.2, 0.25) is 0 Å². The molecule has 0 aliphatic rings. The third-order valence-electron chi connectivity index (χ3n) is 3.26. The SMILES string of the molecule is O=C(CCC(=O)c1ccc(F)cc1)OCC(=O)c1ccccc1Br. The molecule has 0 saturated heterocycles. The zero-order chi connectivity index (χ0) is 17.5. The molecule has 0 aliphatic carbocycles. The van der Waals surface area contributed by atoms with Crippen LogP contribution in [0.4, 0.5) is 4.39 Å². The average Bonchev–Trinajstić information content (AvgIpc) is 2.58. The first-order chi connectivity index (χ1) is 11.5. The maximum Gasteiger partial charge on any atom is 0.306 e. The van der Waals surface area contributed by atoms with E-state index in [0.717, 1.165) is 0 Å². The largest absolute Gasteiger partial charge is 0.457 e. The third-order valence-corrected chi connectivity index (χ3v) is 3.95. The molecule has 0 unspecified atom stereocenters. The van der Waals surface area contributed by atoms with E-state index in [1.807, 2.05) is 0 Å². The molecular formula is C18H14BrFO4. The van der Waals surface area contributed by atoms with Crippen LogP contribution in [0.15, 0.2) is 53.0 Å². The van der Waals surface area contributed by atoms with Crippen LogP contribution in [0.3, 0.4) is 0 Å². The molecule has 0 aromatic heterocycles. The molecule has 0 radical (unpaired) electrons. The average molecular weight is 393 g/mol. The van der Waals surface area contributed by atoms with Gasteiger partial charge >= 0.3 is 5.97 Å². The quantitative estimate of drug-likeness (QED) is 0.528. The third kappa shape index (κ3) is 5.09. The molecule has 4 nitrogen and oxygen atoms in total. The maximum atomic E-state index is 12.8. The van der Waals surface area contributed by atoms with Crippen LogP contribution in [0.5, 0.6) is 0 Å². The Labute approximate surface area is 146 Å². The van der Waals surface area contributed by atoms with Crippen LogP contribution >= 0.6 is 15.9 Å². The Morgan fingerprint density at radius 1 is 0.917 bits per heavy atom. The van der Waals surface area contributed by atoms with Crippen molar-refractivity contribution in [2.24, 2.45) is 0 Å². The summed E-state index contributed by atoms with van der Waals surface area (Å²) in [5, 5.41) is 0. The first-order valence-electron chi connectivity index (χ1n) is 7.19. The van der Waals surface area contributed by atoms with Crippen LogP contribution < -0.4 is 0 Å². The molecule has 0 spiro atoms. The van der Waals surface area contributed by atoms with E-state index in [9.17, 15) is 18.8 Å². The number of hydrogen-bond donors (Lipinski definition) is 0. The minimum absolute atomic E-state index is 0.0618. The Kier molecular flexibility index (Phi) is 6.37. The molecule has 0 fully saturated rings. The number of benzene rings is 2. The minimum Gasteiger partial charge on any atom is -0.457 e. The number of halogens is 2. The van der Waals surface area contributed by atoms with Gasteiger partial charge in [-0.1, -0.05) is 34.1 Å². The molecule has 24 heavy (non-hydrogen) atoms. The van der Waals surface area contributed by atoms with Crippen molar-refractivity contribution < 1.29 is 23.5 Å². The Hall–Kier alpha value is -2.34. The van der Waals surface area contributed by atoms with Crippen molar-refractivity contribution >= 4 is 33.5 Å². The second-order valence-electron chi connectivity index (χ2n) is 4.99. The van der Waals surface area contributed by atoms with E-state index >= 15 is 0 Å². The number of ether oxygens (including phenoxy) is 1. The highest BCUT2D eigenvalue weighted by molar-refractivity contribution is 9.10. The lowest BCUT2D eigenvalue weighted by Gasteiger charge is -2.06. The molecule has 0 bridgehead atoms. The van der Waals surface area contributed by atoms with E-state index in [1.165, 1.54) is 24.3 Å². The van der Waals surface area contributed by atoms with Crippen molar-refractivity contribution in [2.75, 3.05) is 6.61 Å². The van der Waals surface area contributed by atoms with E-state index in [2.05, 4.69) is 15.9 Å². The summed E-state index contributed by atoms with van der Waals surface area (Å²) >= 11 is 3.25. The topological polar surface area (TPSA) is 60.4 Å². The lowest BCUT2D eigenvalue weighted by Crippen LogP contribution is -2.15. The van der Waals surface area contributed by atoms with E-state index in [4.69, 9.17) is 4.74 Å². The van der Waals surface area contributed by atoms with Gasteiger partial charge in [0.1, 0.15) is 5.82 Å². The van der Waals surface area contributed by atoms with Gasteiger partial charge in [-0.15, -0.1) is 0 Å². The van der Waals surface area contributed by atoms with Crippen LogP contribution in [-0.2, 0) is 9.53 Å². The molecular weight excluding hydrogens is 379 g/mol. The predicted octanol–water partition coefficient (Wildman–Crippen LogP) is 3.98. The molecule has 0 heterocycles. The zero-order valence-corrected chi connectivity index (χ0v) is 14.2. The molecule has 0 amide bonds. The van der Waals surface area contributed by atoms with Crippen molar-refractivity contribution in [3.63, 3.8) is 0 Å². The van der Waals surface area contributed by atoms with E-state index in [0.29, 0.717) is 15.6 Å². The first kappa shape index (κ1) is 18.0. The summed E-state index contributed by atoms with van der Waals surface area (Å²) in [5.74, 6) is -1.69. The van der Waals surface area contributed by atoms with Crippen LogP contribution in [0, 0.1) is 5.82 Å². The lowest BCUT2D eigenvalue weighted by molar-refractivity contribution is -0.142. The molecule has 0 aliphatic heterocycles. The normalized spacial score (nSPS) is 10.2. The van der Waals surface area contributed by atoms with E-state index in [1.54, 1.807) is 24.3 Å². The molecule has 2 rings (SSSR count). The molecule has 124 valence electrons. The zero-order valence-electron chi connectivity index (χ0n) is 12.6. The Balaban J connectivity index is 1.79. The highest BCUT2D eigenvalue weighted by Gasteiger charge is 2.14. The second-order valence-corrected chi connectivity index (χ2v) is 5.85. The van der Waals surface area contributed by atoms with Crippen molar-refractivity contribution in [3.05, 3.63) is 69.9 Å². The van der Waals surface area contributed by atoms with Crippen LogP contribution in [0.25, 0.3) is 0 Å². The van der Waals surface area contributed by atoms with Gasteiger partial charge in [-0.3, -0.25) is 14.4 Å². The molecule has 2 aromatic rings. The second kappa shape index (κ2) is 8.49. The molecule has 6 heteroatoms. The van der Waals surface area contributed by atoms with Gasteiger partial charge in [-0.2, -0.15) is 0 Å². The van der Waals surface area contributed by atoms with Gasteiger partial charge in [0.15, 0.2) is 12.4 Å². The monoisotopic (exact) mass is 392 g/mol. The van der Waals surface area contributed by atoms with Gasteiger partial charge in [0.2, 0.25) is 5.78 Å². The molecule has 0 saturated carbocycles. The summed E-state index contributed by atoms with van der Waals surface area (Å²) in [6.07, 6.45) is -0.201. The number of esters is 1. The number of Topliss-reactive ketones (excluding diaryl/α,β-unsaturated/α-hetero) is 2. The van der Waals surface area contributed by atoms with E-state index < -0.39 is 11.8 Å². The van der Waals surface area contributed by atoms with E-state index in [-0.39, 0.29) is 31.0 Å². The van der Waals surface area contributed by atoms with Gasteiger partial charge in [0.05, 0.1) is 6.42 Å². The molecule has 0 N–H and O–H groups in total. The molecule has 0 atom stereocenters. The Morgan fingerprint density at radius 2 is 1.58 bits per heavy atom. The summed E-state index contributed by atoms with van der Waals surface area (Å²) in [6.45, 7) is -0.383. The summed E-state index contributed by atoms with van der Waals surface area (Å²) < 4.78 is 18.3. The number of carbonyl (C=O) groups is 3. The highest BCUT2D eigenvalue weighted by Crippen LogP contribution is 2.16. The maximum absolute atomic E-state index is 12.8. The van der Waals surface area contributed by atoms with Gasteiger partial charge < -0.3 is 4.74 Å². The van der Waals surface area contributed by atoms with Gasteiger partial charge in [0.25, 0.3) is 0 Å². The molecule has 2 aromatic carbocycles. The number of rotatable bonds is 7. The van der Waals surface area contributed by atoms with Crippen LogP contribution in [0.1, 0.15) is 33.6 Å². The summed E-state index contributed by atoms with van der Waals surface area (Å²) in [6, 6.07) is 11.9.